The second-order valence-electron chi connectivity index (χ2n) is 6.71. The lowest BCUT2D eigenvalue weighted by atomic mass is 9.98. The van der Waals surface area contributed by atoms with Gasteiger partial charge in [-0.05, 0) is 43.4 Å². The third-order valence-corrected chi connectivity index (χ3v) is 6.75. The summed E-state index contributed by atoms with van der Waals surface area (Å²) in [5, 5.41) is 5.81. The van der Waals surface area contributed by atoms with Crippen molar-refractivity contribution in [2.24, 2.45) is 5.92 Å². The Bertz CT molecular complexity index is 868. The standard InChI is InChI=1S/C18H24N4O3S2/c1-14-4-2-6-16(10-14)27(24,25)21-12-17(23)20-11-15-5-3-8-22(13-15)18-19-7-9-26-18/h2,4,6-7,9-10,15,21H,3,5,8,11-13H2,1H3,(H,20,23). The van der Waals surface area contributed by atoms with Crippen molar-refractivity contribution in [3.63, 3.8) is 0 Å². The van der Waals surface area contributed by atoms with Crippen LogP contribution in [-0.4, -0.2) is 45.5 Å². The van der Waals surface area contributed by atoms with Crippen LogP contribution in [0.15, 0.2) is 40.7 Å². The highest BCUT2D eigenvalue weighted by Crippen LogP contribution is 2.24. The third-order valence-electron chi connectivity index (χ3n) is 4.52. The molecule has 0 bridgehead atoms. The van der Waals surface area contributed by atoms with Crippen molar-refractivity contribution in [1.29, 1.82) is 0 Å². The molecule has 1 unspecified atom stereocenters. The molecule has 1 atom stereocenters. The number of hydrogen-bond acceptors (Lipinski definition) is 6. The van der Waals surface area contributed by atoms with Gasteiger partial charge >= 0.3 is 0 Å². The number of nitrogens with zero attached hydrogens (tertiary/aromatic N) is 2. The fourth-order valence-corrected chi connectivity index (χ4v) is 4.89. The molecule has 2 aromatic rings. The molecule has 146 valence electrons. The van der Waals surface area contributed by atoms with Gasteiger partial charge in [-0.15, -0.1) is 11.3 Å². The second-order valence-corrected chi connectivity index (χ2v) is 9.35. The van der Waals surface area contributed by atoms with Gasteiger partial charge < -0.3 is 10.2 Å². The van der Waals surface area contributed by atoms with Crippen LogP contribution < -0.4 is 14.9 Å². The van der Waals surface area contributed by atoms with E-state index in [1.807, 2.05) is 18.4 Å². The number of carbonyl (C=O) groups excluding carboxylic acids is 1. The smallest absolute Gasteiger partial charge is 0.241 e. The van der Waals surface area contributed by atoms with Gasteiger partial charge in [-0.1, -0.05) is 12.1 Å². The molecule has 1 aliphatic rings. The maximum atomic E-state index is 12.3. The molecule has 1 saturated heterocycles. The predicted molar refractivity (Wildman–Crippen MR) is 106 cm³/mol. The molecule has 27 heavy (non-hydrogen) atoms. The number of amides is 1. The van der Waals surface area contributed by atoms with Crippen molar-refractivity contribution in [3.8, 4) is 0 Å². The number of carbonyl (C=O) groups is 1. The second kappa shape index (κ2) is 8.81. The number of anilines is 1. The van der Waals surface area contributed by atoms with Crippen LogP contribution in [0.3, 0.4) is 0 Å². The first-order chi connectivity index (χ1) is 12.9. The van der Waals surface area contributed by atoms with Gasteiger partial charge in [0, 0.05) is 31.2 Å². The number of aryl methyl sites for hydroxylation is 1. The van der Waals surface area contributed by atoms with Gasteiger partial charge in [0.1, 0.15) is 0 Å². The third kappa shape index (κ3) is 5.50. The van der Waals surface area contributed by atoms with Crippen LogP contribution >= 0.6 is 11.3 Å². The zero-order valence-electron chi connectivity index (χ0n) is 15.2. The number of thiazole rings is 1. The number of rotatable bonds is 7. The van der Waals surface area contributed by atoms with Crippen molar-refractivity contribution in [2.75, 3.05) is 31.1 Å². The fourth-order valence-electron chi connectivity index (χ4n) is 3.12. The molecule has 7 nitrogen and oxygen atoms in total. The molecular formula is C18H24N4O3S2. The predicted octanol–water partition coefficient (Wildman–Crippen LogP) is 1.76. The Hall–Kier alpha value is -1.97. The molecular weight excluding hydrogens is 384 g/mol. The highest BCUT2D eigenvalue weighted by atomic mass is 32.2. The molecule has 0 aliphatic carbocycles. The highest BCUT2D eigenvalue weighted by Gasteiger charge is 2.22. The largest absolute Gasteiger partial charge is 0.355 e. The molecule has 1 aromatic heterocycles. The number of piperidine rings is 1. The van der Waals surface area contributed by atoms with Gasteiger partial charge in [-0.2, -0.15) is 0 Å². The molecule has 1 aromatic carbocycles. The molecule has 1 aliphatic heterocycles. The quantitative estimate of drug-likeness (QED) is 0.728. The van der Waals surface area contributed by atoms with E-state index in [4.69, 9.17) is 0 Å². The van der Waals surface area contributed by atoms with Crippen LogP contribution in [0.25, 0.3) is 0 Å². The Labute approximate surface area is 163 Å². The van der Waals surface area contributed by atoms with E-state index in [9.17, 15) is 13.2 Å². The van der Waals surface area contributed by atoms with E-state index in [0.29, 0.717) is 12.5 Å². The maximum absolute atomic E-state index is 12.3. The van der Waals surface area contributed by atoms with Gasteiger partial charge in [-0.3, -0.25) is 4.79 Å². The van der Waals surface area contributed by atoms with Crippen LogP contribution in [0.5, 0.6) is 0 Å². The molecule has 9 heteroatoms. The summed E-state index contributed by atoms with van der Waals surface area (Å²) in [6.45, 7) is 3.92. The van der Waals surface area contributed by atoms with E-state index >= 15 is 0 Å². The summed E-state index contributed by atoms with van der Waals surface area (Å²) in [6, 6.07) is 6.60. The normalized spacial score (nSPS) is 17.7. The monoisotopic (exact) mass is 408 g/mol. The van der Waals surface area contributed by atoms with E-state index in [1.54, 1.807) is 29.7 Å². The van der Waals surface area contributed by atoms with Crippen LogP contribution in [-0.2, 0) is 14.8 Å². The Balaban J connectivity index is 1.45. The van der Waals surface area contributed by atoms with Crippen molar-refractivity contribution in [1.82, 2.24) is 15.0 Å². The molecule has 0 spiro atoms. The molecule has 1 fully saturated rings. The molecule has 2 heterocycles. The lowest BCUT2D eigenvalue weighted by Gasteiger charge is -2.32. The molecule has 3 rings (SSSR count). The zero-order valence-corrected chi connectivity index (χ0v) is 16.9. The summed E-state index contributed by atoms with van der Waals surface area (Å²) >= 11 is 1.62. The van der Waals surface area contributed by atoms with Gasteiger partial charge in [0.25, 0.3) is 0 Å². The number of sulfonamides is 1. The van der Waals surface area contributed by atoms with E-state index in [1.165, 1.54) is 6.07 Å². The first-order valence-corrected chi connectivity index (χ1v) is 11.3. The van der Waals surface area contributed by atoms with Crippen molar-refractivity contribution in [2.45, 2.75) is 24.7 Å². The molecule has 0 saturated carbocycles. The molecule has 2 N–H and O–H groups in total. The van der Waals surface area contributed by atoms with Crippen molar-refractivity contribution >= 4 is 32.4 Å². The first kappa shape index (κ1) is 19.8. The maximum Gasteiger partial charge on any atom is 0.241 e. The lowest BCUT2D eigenvalue weighted by Crippen LogP contribution is -2.43. The Kier molecular flexibility index (Phi) is 6.46. The average molecular weight is 409 g/mol. The number of aromatic nitrogens is 1. The van der Waals surface area contributed by atoms with E-state index in [2.05, 4.69) is 19.9 Å². The van der Waals surface area contributed by atoms with Gasteiger partial charge in [0.2, 0.25) is 15.9 Å². The van der Waals surface area contributed by atoms with Crippen LogP contribution in [0.1, 0.15) is 18.4 Å². The first-order valence-electron chi connectivity index (χ1n) is 8.91. The van der Waals surface area contributed by atoms with E-state index in [-0.39, 0.29) is 17.3 Å². The lowest BCUT2D eigenvalue weighted by molar-refractivity contribution is -0.120. The summed E-state index contributed by atoms with van der Waals surface area (Å²) in [4.78, 5) is 18.8. The summed E-state index contributed by atoms with van der Waals surface area (Å²) in [5.41, 5.74) is 0.851. The average Bonchev–Trinajstić information content (AvgIpc) is 3.20. The summed E-state index contributed by atoms with van der Waals surface area (Å²) in [5.74, 6) is 0.0116. The van der Waals surface area contributed by atoms with Gasteiger partial charge in [0.15, 0.2) is 5.13 Å². The minimum Gasteiger partial charge on any atom is -0.355 e. The van der Waals surface area contributed by atoms with Gasteiger partial charge in [0.05, 0.1) is 11.4 Å². The number of hydrogen-bond donors (Lipinski definition) is 2. The Morgan fingerprint density at radius 3 is 3.00 bits per heavy atom. The topological polar surface area (TPSA) is 91.4 Å². The van der Waals surface area contributed by atoms with E-state index < -0.39 is 10.0 Å². The summed E-state index contributed by atoms with van der Waals surface area (Å²) < 4.78 is 26.9. The summed E-state index contributed by atoms with van der Waals surface area (Å²) in [6.07, 6.45) is 3.89. The minimum atomic E-state index is -3.69. The van der Waals surface area contributed by atoms with Crippen LogP contribution in [0.4, 0.5) is 5.13 Å². The molecule has 0 radical (unpaired) electrons. The number of nitrogens with one attached hydrogen (secondary N) is 2. The van der Waals surface area contributed by atoms with E-state index in [0.717, 1.165) is 36.6 Å². The van der Waals surface area contributed by atoms with Crippen molar-refractivity contribution in [3.05, 3.63) is 41.4 Å². The summed E-state index contributed by atoms with van der Waals surface area (Å²) in [7, 11) is -3.69. The molecule has 1 amide bonds. The Morgan fingerprint density at radius 1 is 1.41 bits per heavy atom. The van der Waals surface area contributed by atoms with Gasteiger partial charge in [-0.25, -0.2) is 18.1 Å². The zero-order chi connectivity index (χ0) is 19.3. The number of benzene rings is 1. The minimum absolute atomic E-state index is 0.168. The van der Waals surface area contributed by atoms with Crippen molar-refractivity contribution < 1.29 is 13.2 Å². The van der Waals surface area contributed by atoms with Crippen LogP contribution in [0, 0.1) is 12.8 Å². The Morgan fingerprint density at radius 2 is 2.26 bits per heavy atom. The van der Waals surface area contributed by atoms with Crippen LogP contribution in [0.2, 0.25) is 0 Å². The highest BCUT2D eigenvalue weighted by molar-refractivity contribution is 7.89. The SMILES string of the molecule is Cc1cccc(S(=O)(=O)NCC(=O)NCC2CCCN(c3nccs3)C2)c1. The fraction of sp³-hybridized carbons (Fsp3) is 0.444.